The number of ketones is 1. The molecule has 0 aliphatic heterocycles. The molecule has 0 aliphatic carbocycles. The van der Waals surface area contributed by atoms with E-state index in [0.29, 0.717) is 21.0 Å². The molecule has 2 aromatic rings. The second kappa shape index (κ2) is 3.13. The van der Waals surface area contributed by atoms with Gasteiger partial charge >= 0.3 is 0 Å². The molecule has 0 fully saturated rings. The van der Waals surface area contributed by atoms with E-state index >= 15 is 0 Å². The first-order chi connectivity index (χ1) is 6.61. The van der Waals surface area contributed by atoms with Gasteiger partial charge in [-0.2, -0.15) is 0 Å². The minimum absolute atomic E-state index is 0.0879. The minimum Gasteiger partial charge on any atom is -0.507 e. The topological polar surface area (TPSA) is 50.4 Å². The molecule has 0 bridgehead atoms. The van der Waals surface area contributed by atoms with Crippen molar-refractivity contribution in [2.45, 2.75) is 6.92 Å². The van der Waals surface area contributed by atoms with Gasteiger partial charge in [-0.05, 0) is 35.0 Å². The lowest BCUT2D eigenvalue weighted by atomic mass is 10.1. The second-order valence-corrected chi connectivity index (χ2v) is 3.77. The molecule has 14 heavy (non-hydrogen) atoms. The average molecular weight is 255 g/mol. The van der Waals surface area contributed by atoms with E-state index in [1.165, 1.54) is 19.3 Å². The predicted octanol–water partition coefficient (Wildman–Crippen LogP) is 3.10. The zero-order valence-corrected chi connectivity index (χ0v) is 8.96. The number of phenols is 1. The summed E-state index contributed by atoms with van der Waals surface area (Å²) in [7, 11) is 0. The number of aromatic hydroxyl groups is 1. The molecule has 72 valence electrons. The van der Waals surface area contributed by atoms with Crippen LogP contribution in [0.1, 0.15) is 17.3 Å². The Balaban J connectivity index is 2.89. The van der Waals surface area contributed by atoms with E-state index in [1.807, 2.05) is 0 Å². The van der Waals surface area contributed by atoms with Crippen LogP contribution in [0.3, 0.4) is 0 Å². The van der Waals surface area contributed by atoms with Gasteiger partial charge in [-0.1, -0.05) is 0 Å². The third kappa shape index (κ3) is 1.23. The Morgan fingerprint density at radius 3 is 2.86 bits per heavy atom. The van der Waals surface area contributed by atoms with Gasteiger partial charge in [-0.15, -0.1) is 0 Å². The number of carbonyl (C=O) groups excluding carboxylic acids is 1. The second-order valence-electron chi connectivity index (χ2n) is 2.98. The van der Waals surface area contributed by atoms with Crippen LogP contribution < -0.4 is 0 Å². The summed E-state index contributed by atoms with van der Waals surface area (Å²) in [5.74, 6) is 0.0106. The van der Waals surface area contributed by atoms with Gasteiger partial charge in [-0.3, -0.25) is 4.79 Å². The highest BCUT2D eigenvalue weighted by Crippen LogP contribution is 2.35. The van der Waals surface area contributed by atoms with Gasteiger partial charge in [0.05, 0.1) is 10.0 Å². The lowest BCUT2D eigenvalue weighted by Crippen LogP contribution is -1.89. The maximum absolute atomic E-state index is 11.2. The molecule has 0 aliphatic rings. The molecule has 0 saturated carbocycles. The molecule has 0 spiro atoms. The van der Waals surface area contributed by atoms with Gasteiger partial charge in [0, 0.05) is 5.39 Å². The highest BCUT2D eigenvalue weighted by molar-refractivity contribution is 9.10. The Kier molecular flexibility index (Phi) is 2.07. The molecule has 3 nitrogen and oxygen atoms in total. The summed E-state index contributed by atoms with van der Waals surface area (Å²) in [4.78, 5) is 11.2. The molecule has 0 amide bonds. The third-order valence-electron chi connectivity index (χ3n) is 2.04. The lowest BCUT2D eigenvalue weighted by Gasteiger charge is -1.98. The van der Waals surface area contributed by atoms with Crippen molar-refractivity contribution in [3.63, 3.8) is 0 Å². The largest absolute Gasteiger partial charge is 0.507 e. The number of carbonyl (C=O) groups is 1. The Morgan fingerprint density at radius 2 is 2.21 bits per heavy atom. The van der Waals surface area contributed by atoms with Crippen LogP contribution in [0, 0.1) is 0 Å². The standard InChI is InChI=1S/C10H7BrO3/c1-5(12)6-4-14-8-3-2-7(13)10(11)9(6)8/h2-4,13H,1H3. The summed E-state index contributed by atoms with van der Waals surface area (Å²) in [6.45, 7) is 1.46. The molecule has 1 aromatic heterocycles. The van der Waals surface area contributed by atoms with Crippen molar-refractivity contribution in [2.24, 2.45) is 0 Å². The number of phenolic OH excluding ortho intramolecular Hbond substituents is 1. The van der Waals surface area contributed by atoms with Gasteiger partial charge in [0.2, 0.25) is 0 Å². The van der Waals surface area contributed by atoms with Gasteiger partial charge in [0.1, 0.15) is 17.6 Å². The summed E-state index contributed by atoms with van der Waals surface area (Å²) in [6, 6.07) is 3.14. The van der Waals surface area contributed by atoms with Crippen molar-refractivity contribution in [1.29, 1.82) is 0 Å². The van der Waals surface area contributed by atoms with Crippen molar-refractivity contribution < 1.29 is 14.3 Å². The van der Waals surface area contributed by atoms with Crippen molar-refractivity contribution >= 4 is 32.7 Å². The van der Waals surface area contributed by atoms with Crippen LogP contribution >= 0.6 is 15.9 Å². The van der Waals surface area contributed by atoms with Crippen LogP contribution in [0.5, 0.6) is 5.75 Å². The van der Waals surface area contributed by atoms with Gasteiger partial charge in [-0.25, -0.2) is 0 Å². The Hall–Kier alpha value is -1.29. The predicted molar refractivity (Wildman–Crippen MR) is 55.6 cm³/mol. The zero-order chi connectivity index (χ0) is 10.3. The number of halogens is 1. The van der Waals surface area contributed by atoms with E-state index in [4.69, 9.17) is 4.42 Å². The van der Waals surface area contributed by atoms with Crippen molar-refractivity contribution in [3.05, 3.63) is 28.4 Å². The number of rotatable bonds is 1. The lowest BCUT2D eigenvalue weighted by molar-refractivity contribution is 0.101. The number of hydrogen-bond donors (Lipinski definition) is 1. The fourth-order valence-electron chi connectivity index (χ4n) is 1.34. The summed E-state index contributed by atoms with van der Waals surface area (Å²) in [5, 5.41) is 10.1. The number of benzene rings is 1. The van der Waals surface area contributed by atoms with Gasteiger partial charge in [0.15, 0.2) is 5.78 Å². The van der Waals surface area contributed by atoms with Crippen LogP contribution in [-0.2, 0) is 0 Å². The number of Topliss-reactive ketones (excluding diaryl/α,β-unsaturated/α-hetero) is 1. The maximum Gasteiger partial charge on any atom is 0.163 e. The average Bonchev–Trinajstić information content (AvgIpc) is 2.55. The molecule has 4 heteroatoms. The molecule has 1 aromatic carbocycles. The van der Waals surface area contributed by atoms with E-state index in [-0.39, 0.29) is 11.5 Å². The molecular weight excluding hydrogens is 248 g/mol. The summed E-state index contributed by atoms with van der Waals surface area (Å²) >= 11 is 3.22. The number of hydrogen-bond acceptors (Lipinski definition) is 3. The van der Waals surface area contributed by atoms with E-state index in [2.05, 4.69) is 15.9 Å². The molecule has 0 atom stereocenters. The van der Waals surface area contributed by atoms with E-state index in [9.17, 15) is 9.90 Å². The first-order valence-corrected chi connectivity index (χ1v) is 4.80. The molecular formula is C10H7BrO3. The van der Waals surface area contributed by atoms with Crippen LogP contribution in [0.4, 0.5) is 0 Å². The van der Waals surface area contributed by atoms with Gasteiger partial charge in [0.25, 0.3) is 0 Å². The maximum atomic E-state index is 11.2. The first kappa shape index (κ1) is 9.27. The molecule has 0 radical (unpaired) electrons. The van der Waals surface area contributed by atoms with Crippen molar-refractivity contribution in [3.8, 4) is 5.75 Å². The van der Waals surface area contributed by atoms with E-state index < -0.39 is 0 Å². The fourth-order valence-corrected chi connectivity index (χ4v) is 1.88. The zero-order valence-electron chi connectivity index (χ0n) is 7.37. The van der Waals surface area contributed by atoms with Crippen LogP contribution in [0.15, 0.2) is 27.3 Å². The first-order valence-electron chi connectivity index (χ1n) is 4.01. The van der Waals surface area contributed by atoms with E-state index in [1.54, 1.807) is 6.07 Å². The Morgan fingerprint density at radius 1 is 1.50 bits per heavy atom. The number of fused-ring (bicyclic) bond motifs is 1. The fraction of sp³-hybridized carbons (Fsp3) is 0.100. The monoisotopic (exact) mass is 254 g/mol. The van der Waals surface area contributed by atoms with Crippen molar-refractivity contribution in [2.75, 3.05) is 0 Å². The molecule has 0 saturated heterocycles. The minimum atomic E-state index is -0.0879. The molecule has 0 unspecified atom stereocenters. The highest BCUT2D eigenvalue weighted by atomic mass is 79.9. The number of furan rings is 1. The summed E-state index contributed by atoms with van der Waals surface area (Å²) in [6.07, 6.45) is 1.40. The Labute approximate surface area is 88.5 Å². The molecule has 2 rings (SSSR count). The van der Waals surface area contributed by atoms with Crippen molar-refractivity contribution in [1.82, 2.24) is 0 Å². The summed E-state index contributed by atoms with van der Waals surface area (Å²) < 4.78 is 5.68. The van der Waals surface area contributed by atoms with Gasteiger partial charge < -0.3 is 9.52 Å². The summed E-state index contributed by atoms with van der Waals surface area (Å²) in [5.41, 5.74) is 1.06. The molecule has 1 N–H and O–H groups in total. The van der Waals surface area contributed by atoms with E-state index in [0.717, 1.165) is 0 Å². The van der Waals surface area contributed by atoms with Crippen LogP contribution in [0.25, 0.3) is 11.0 Å². The highest BCUT2D eigenvalue weighted by Gasteiger charge is 2.14. The molecule has 1 heterocycles. The quantitative estimate of drug-likeness (QED) is 0.796. The smallest absolute Gasteiger partial charge is 0.163 e. The SMILES string of the molecule is CC(=O)c1coc2ccc(O)c(Br)c12. The third-order valence-corrected chi connectivity index (χ3v) is 2.84. The van der Waals surface area contributed by atoms with Crippen LogP contribution in [0.2, 0.25) is 0 Å². The Bertz CT molecular complexity index is 513. The normalized spacial score (nSPS) is 10.7. The van der Waals surface area contributed by atoms with Crippen LogP contribution in [-0.4, -0.2) is 10.9 Å².